The molecule has 0 aromatic carbocycles. The molecule has 0 saturated carbocycles. The molecule has 0 atom stereocenters. The molecule has 0 N–H and O–H groups in total. The van der Waals surface area contributed by atoms with Gasteiger partial charge in [0.05, 0.1) is 26.7 Å². The largest absolute Gasteiger partial charge is 0.274 e. The zero-order chi connectivity index (χ0) is 10.4. The fraction of sp³-hybridized carbons (Fsp3) is 1.00. The Balaban J connectivity index is -0.000000143. The van der Waals surface area contributed by atoms with Crippen molar-refractivity contribution < 1.29 is 25.2 Å². The summed E-state index contributed by atoms with van der Waals surface area (Å²) in [5.41, 5.74) is 0. The number of rotatable bonds is 2. The van der Waals surface area contributed by atoms with Crippen LogP contribution in [-0.4, -0.2) is 43.6 Å². The Morgan fingerprint density at radius 1 is 0.769 bits per heavy atom. The summed E-state index contributed by atoms with van der Waals surface area (Å²) < 4.78 is 46.9. The third-order valence-electron chi connectivity index (χ3n) is 0.605. The van der Waals surface area contributed by atoms with Crippen LogP contribution < -0.4 is 0 Å². The average Bonchev–Trinajstić information content (AvgIpc) is 1.86. The molecular weight excluding hydrogens is 220 g/mol. The Kier molecular flexibility index (Phi) is 10.4. The van der Waals surface area contributed by atoms with Crippen LogP contribution >= 0.6 is 0 Å². The average molecular weight is 236 g/mol. The maximum atomic E-state index is 9.78. The fourth-order valence-corrected chi connectivity index (χ4v) is 0. The summed E-state index contributed by atoms with van der Waals surface area (Å²) in [6, 6.07) is 0. The smallest absolute Gasteiger partial charge is 0.264 e. The van der Waals surface area contributed by atoms with E-state index in [9.17, 15) is 16.8 Å². The van der Waals surface area contributed by atoms with Crippen LogP contribution in [-0.2, 0) is 28.6 Å². The molecule has 8 heteroatoms. The Hall–Kier alpha value is -0.180. The minimum Gasteiger partial charge on any atom is -0.274 e. The van der Waals surface area contributed by atoms with E-state index in [0.717, 1.165) is 26.7 Å². The zero-order valence-corrected chi connectivity index (χ0v) is 8.90. The van der Waals surface area contributed by atoms with Gasteiger partial charge in [0.1, 0.15) is 0 Å². The standard InChI is InChI=1S/2C2H6O3S.CH4/c2*1-5-6(2,3)4;/h2*1-2H3;1H4. The summed E-state index contributed by atoms with van der Waals surface area (Å²) in [5, 5.41) is 0. The van der Waals surface area contributed by atoms with E-state index in [4.69, 9.17) is 0 Å². The molecule has 84 valence electrons. The molecule has 0 aliphatic rings. The van der Waals surface area contributed by atoms with Gasteiger partial charge in [-0.15, -0.1) is 0 Å². The van der Waals surface area contributed by atoms with Crippen molar-refractivity contribution in [2.45, 2.75) is 7.43 Å². The molecule has 6 nitrogen and oxygen atoms in total. The minimum absolute atomic E-state index is 0. The van der Waals surface area contributed by atoms with Crippen molar-refractivity contribution in [1.29, 1.82) is 0 Å². The van der Waals surface area contributed by atoms with Crippen molar-refractivity contribution >= 4 is 20.2 Å². The van der Waals surface area contributed by atoms with Crippen LogP contribution in [0.5, 0.6) is 0 Å². The number of hydrogen-bond donors (Lipinski definition) is 0. The maximum absolute atomic E-state index is 9.78. The van der Waals surface area contributed by atoms with E-state index in [1.165, 1.54) is 0 Å². The van der Waals surface area contributed by atoms with Crippen molar-refractivity contribution in [2.24, 2.45) is 0 Å². The Bertz CT molecular complexity index is 255. The van der Waals surface area contributed by atoms with Gasteiger partial charge in [-0.2, -0.15) is 16.8 Å². The van der Waals surface area contributed by atoms with Gasteiger partial charge in [-0.3, -0.25) is 8.37 Å². The lowest BCUT2D eigenvalue weighted by Crippen LogP contribution is -1.95. The van der Waals surface area contributed by atoms with Gasteiger partial charge in [-0.1, -0.05) is 7.43 Å². The monoisotopic (exact) mass is 236 g/mol. The Morgan fingerprint density at radius 3 is 0.846 bits per heavy atom. The molecule has 0 fully saturated rings. The van der Waals surface area contributed by atoms with Gasteiger partial charge in [0.25, 0.3) is 20.2 Å². The summed E-state index contributed by atoms with van der Waals surface area (Å²) in [7, 11) is -4.08. The first-order valence-electron chi connectivity index (χ1n) is 2.63. The fourth-order valence-electron chi connectivity index (χ4n) is 0. The van der Waals surface area contributed by atoms with E-state index in [1.54, 1.807) is 0 Å². The first-order valence-corrected chi connectivity index (χ1v) is 6.27. The molecule has 0 bridgehead atoms. The summed E-state index contributed by atoms with van der Waals surface area (Å²) in [6.07, 6.45) is 1.99. The van der Waals surface area contributed by atoms with Gasteiger partial charge in [0, 0.05) is 0 Å². The second kappa shape index (κ2) is 7.25. The molecule has 0 amide bonds. The van der Waals surface area contributed by atoms with Crippen LogP contribution in [0.1, 0.15) is 7.43 Å². The lowest BCUT2D eigenvalue weighted by atomic mass is 11.8. The molecule has 0 saturated heterocycles. The second-order valence-corrected chi connectivity index (χ2v) is 5.22. The van der Waals surface area contributed by atoms with Gasteiger partial charge >= 0.3 is 0 Å². The summed E-state index contributed by atoms with van der Waals surface area (Å²) in [4.78, 5) is 0. The lowest BCUT2D eigenvalue weighted by molar-refractivity contribution is 0.402. The van der Waals surface area contributed by atoms with Gasteiger partial charge < -0.3 is 0 Å². The summed E-state index contributed by atoms with van der Waals surface area (Å²) >= 11 is 0. The van der Waals surface area contributed by atoms with Crippen molar-refractivity contribution in [3.63, 3.8) is 0 Å². The Morgan fingerprint density at radius 2 is 0.846 bits per heavy atom. The molecule has 0 rings (SSSR count). The molecule has 0 aliphatic carbocycles. The van der Waals surface area contributed by atoms with Crippen LogP contribution in [0, 0.1) is 0 Å². The van der Waals surface area contributed by atoms with E-state index in [2.05, 4.69) is 8.37 Å². The zero-order valence-electron chi connectivity index (χ0n) is 7.27. The molecule has 13 heavy (non-hydrogen) atoms. The Labute approximate surface area is 80.1 Å². The normalized spacial score (nSPS) is 10.8. The van der Waals surface area contributed by atoms with Crippen LogP contribution in [0.4, 0.5) is 0 Å². The molecular formula is C5H16O6S2. The first kappa shape index (κ1) is 18.6. The SMILES string of the molecule is C.COS(C)(=O)=O.COS(C)(=O)=O. The third-order valence-corrected chi connectivity index (χ3v) is 1.82. The molecule has 0 heterocycles. The van der Waals surface area contributed by atoms with E-state index in [-0.39, 0.29) is 7.43 Å². The van der Waals surface area contributed by atoms with E-state index >= 15 is 0 Å². The van der Waals surface area contributed by atoms with Crippen LogP contribution in [0.25, 0.3) is 0 Å². The van der Waals surface area contributed by atoms with E-state index < -0.39 is 20.2 Å². The van der Waals surface area contributed by atoms with Gasteiger partial charge in [0.15, 0.2) is 0 Å². The van der Waals surface area contributed by atoms with Crippen molar-refractivity contribution in [3.8, 4) is 0 Å². The van der Waals surface area contributed by atoms with E-state index in [0.29, 0.717) is 0 Å². The highest BCUT2D eigenvalue weighted by molar-refractivity contribution is 7.86. The third kappa shape index (κ3) is 33.7. The minimum atomic E-state index is -3.16. The molecule has 0 aromatic rings. The predicted octanol–water partition coefficient (Wildman–Crippen LogP) is -0.179. The summed E-state index contributed by atoms with van der Waals surface area (Å²) in [5.74, 6) is 0. The molecule has 0 radical (unpaired) electrons. The van der Waals surface area contributed by atoms with Crippen LogP contribution in [0.2, 0.25) is 0 Å². The molecule has 0 aliphatic heterocycles. The van der Waals surface area contributed by atoms with Crippen LogP contribution in [0.15, 0.2) is 0 Å². The number of hydrogen-bond acceptors (Lipinski definition) is 6. The summed E-state index contributed by atoms with van der Waals surface area (Å²) in [6.45, 7) is 0. The van der Waals surface area contributed by atoms with Gasteiger partial charge in [-0.05, 0) is 0 Å². The quantitative estimate of drug-likeness (QED) is 0.618. The van der Waals surface area contributed by atoms with Gasteiger partial charge in [-0.25, -0.2) is 0 Å². The highest BCUT2D eigenvalue weighted by Crippen LogP contribution is 1.76. The topological polar surface area (TPSA) is 86.7 Å². The van der Waals surface area contributed by atoms with Gasteiger partial charge in [0.2, 0.25) is 0 Å². The second-order valence-electron chi connectivity index (χ2n) is 1.74. The van der Waals surface area contributed by atoms with Crippen molar-refractivity contribution in [1.82, 2.24) is 0 Å². The lowest BCUT2D eigenvalue weighted by Gasteiger charge is -1.84. The van der Waals surface area contributed by atoms with Crippen molar-refractivity contribution in [3.05, 3.63) is 0 Å². The highest BCUT2D eigenvalue weighted by atomic mass is 32.2. The maximum Gasteiger partial charge on any atom is 0.264 e. The molecule has 0 aromatic heterocycles. The first-order chi connectivity index (χ1) is 5.12. The van der Waals surface area contributed by atoms with Crippen molar-refractivity contribution in [2.75, 3.05) is 26.7 Å². The predicted molar refractivity (Wildman–Crippen MR) is 50.4 cm³/mol. The molecule has 0 unspecified atom stereocenters. The van der Waals surface area contributed by atoms with Crippen LogP contribution in [0.3, 0.4) is 0 Å². The highest BCUT2D eigenvalue weighted by Gasteiger charge is 1.91. The van der Waals surface area contributed by atoms with E-state index in [1.807, 2.05) is 0 Å². The molecule has 0 spiro atoms.